The van der Waals surface area contributed by atoms with E-state index in [2.05, 4.69) is 19.1 Å². The fraction of sp³-hybridized carbons (Fsp3) is 0.462. The lowest BCUT2D eigenvalue weighted by Gasteiger charge is -2.35. The highest BCUT2D eigenvalue weighted by molar-refractivity contribution is 5.94. The molecule has 164 valence electrons. The Labute approximate surface area is 185 Å². The van der Waals surface area contributed by atoms with Gasteiger partial charge in [-0.15, -0.1) is 0 Å². The van der Waals surface area contributed by atoms with E-state index < -0.39 is 0 Å². The van der Waals surface area contributed by atoms with Crippen LogP contribution in [0.15, 0.2) is 48.5 Å². The summed E-state index contributed by atoms with van der Waals surface area (Å²) in [5, 5.41) is 0. The topological polar surface area (TPSA) is 49.9 Å². The number of nitrogens with zero attached hydrogens (tertiary/aromatic N) is 2. The summed E-state index contributed by atoms with van der Waals surface area (Å²) < 4.78 is 5.92. The van der Waals surface area contributed by atoms with Gasteiger partial charge in [-0.2, -0.15) is 0 Å². The van der Waals surface area contributed by atoms with Crippen LogP contribution in [-0.2, 0) is 11.4 Å². The number of carbonyl (C=O) groups is 2. The van der Waals surface area contributed by atoms with Crippen LogP contribution in [0.3, 0.4) is 0 Å². The summed E-state index contributed by atoms with van der Waals surface area (Å²) in [5.41, 5.74) is 2.95. The number of likely N-dealkylation sites (tertiary alicyclic amines) is 2. The van der Waals surface area contributed by atoms with Crippen molar-refractivity contribution in [2.45, 2.75) is 45.6 Å². The Morgan fingerprint density at radius 3 is 2.39 bits per heavy atom. The van der Waals surface area contributed by atoms with E-state index >= 15 is 0 Å². The third kappa shape index (κ3) is 5.46. The molecule has 2 fully saturated rings. The van der Waals surface area contributed by atoms with Crippen molar-refractivity contribution in [3.63, 3.8) is 0 Å². The molecule has 0 saturated carbocycles. The molecule has 0 radical (unpaired) electrons. The molecule has 0 unspecified atom stereocenters. The molecule has 0 bridgehead atoms. The van der Waals surface area contributed by atoms with E-state index in [0.717, 1.165) is 44.3 Å². The molecular weight excluding hydrogens is 388 g/mol. The fourth-order valence-corrected chi connectivity index (χ4v) is 4.57. The van der Waals surface area contributed by atoms with Gasteiger partial charge >= 0.3 is 0 Å². The second-order valence-corrected chi connectivity index (χ2v) is 8.76. The molecule has 0 aromatic heterocycles. The minimum Gasteiger partial charge on any atom is -0.489 e. The van der Waals surface area contributed by atoms with E-state index in [1.54, 1.807) is 0 Å². The molecule has 31 heavy (non-hydrogen) atoms. The van der Waals surface area contributed by atoms with E-state index in [1.165, 1.54) is 12.0 Å². The number of benzene rings is 2. The first-order valence-electron chi connectivity index (χ1n) is 11.5. The highest BCUT2D eigenvalue weighted by Crippen LogP contribution is 2.24. The number of aryl methyl sites for hydroxylation is 1. The first-order valence-corrected chi connectivity index (χ1v) is 11.5. The smallest absolute Gasteiger partial charge is 0.253 e. The molecule has 2 aliphatic heterocycles. The molecule has 0 N–H and O–H groups in total. The van der Waals surface area contributed by atoms with Gasteiger partial charge in [-0.05, 0) is 62.8 Å². The van der Waals surface area contributed by atoms with Crippen molar-refractivity contribution in [1.82, 2.24) is 9.80 Å². The van der Waals surface area contributed by atoms with Crippen molar-refractivity contribution >= 4 is 11.8 Å². The highest BCUT2D eigenvalue weighted by Gasteiger charge is 2.31. The molecule has 0 atom stereocenters. The van der Waals surface area contributed by atoms with Gasteiger partial charge < -0.3 is 14.5 Å². The molecule has 5 heteroatoms. The third-order valence-electron chi connectivity index (χ3n) is 6.37. The number of hydrogen-bond donors (Lipinski definition) is 0. The minimum absolute atomic E-state index is 0.0184. The Morgan fingerprint density at radius 1 is 0.903 bits per heavy atom. The van der Waals surface area contributed by atoms with Gasteiger partial charge in [0.25, 0.3) is 5.91 Å². The van der Waals surface area contributed by atoms with Crippen LogP contribution >= 0.6 is 0 Å². The van der Waals surface area contributed by atoms with E-state index in [4.69, 9.17) is 4.74 Å². The summed E-state index contributed by atoms with van der Waals surface area (Å²) in [6.07, 6.45) is 4.97. The summed E-state index contributed by atoms with van der Waals surface area (Å²) in [7, 11) is 0. The van der Waals surface area contributed by atoms with Gasteiger partial charge in [0, 0.05) is 37.7 Å². The second kappa shape index (κ2) is 9.99. The molecule has 0 aliphatic carbocycles. The normalized spacial score (nSPS) is 17.5. The molecule has 0 spiro atoms. The molecule has 5 nitrogen and oxygen atoms in total. The first-order chi connectivity index (χ1) is 15.1. The van der Waals surface area contributed by atoms with E-state index in [-0.39, 0.29) is 11.8 Å². The first kappa shape index (κ1) is 21.4. The Morgan fingerprint density at radius 2 is 1.65 bits per heavy atom. The monoisotopic (exact) mass is 420 g/mol. The van der Waals surface area contributed by atoms with Crippen molar-refractivity contribution in [3.8, 4) is 5.75 Å². The number of hydrogen-bond acceptors (Lipinski definition) is 3. The number of amides is 2. The molecule has 2 heterocycles. The van der Waals surface area contributed by atoms with Crippen molar-refractivity contribution in [2.75, 3.05) is 26.2 Å². The minimum atomic E-state index is 0.0184. The van der Waals surface area contributed by atoms with Crippen molar-refractivity contribution < 1.29 is 14.3 Å². The molecule has 2 saturated heterocycles. The lowest BCUT2D eigenvalue weighted by atomic mass is 9.94. The Hall–Kier alpha value is -2.82. The molecule has 2 aliphatic rings. The Balaban J connectivity index is 1.31. The van der Waals surface area contributed by atoms with E-state index in [0.29, 0.717) is 36.9 Å². The van der Waals surface area contributed by atoms with Crippen LogP contribution in [-0.4, -0.2) is 47.8 Å². The van der Waals surface area contributed by atoms with Gasteiger partial charge in [-0.1, -0.05) is 35.9 Å². The molecular formula is C26H32N2O3. The Bertz CT molecular complexity index is 912. The maximum atomic E-state index is 13.0. The van der Waals surface area contributed by atoms with Crippen molar-refractivity contribution in [2.24, 2.45) is 5.92 Å². The van der Waals surface area contributed by atoms with Crippen molar-refractivity contribution in [3.05, 3.63) is 65.2 Å². The average molecular weight is 421 g/mol. The molecule has 2 aromatic rings. The van der Waals surface area contributed by atoms with Crippen LogP contribution < -0.4 is 4.74 Å². The highest BCUT2D eigenvalue weighted by atomic mass is 16.5. The van der Waals surface area contributed by atoms with E-state index in [9.17, 15) is 9.59 Å². The van der Waals surface area contributed by atoms with Gasteiger partial charge in [0.2, 0.25) is 5.91 Å². The molecule has 2 aromatic carbocycles. The quantitative estimate of drug-likeness (QED) is 0.719. The summed E-state index contributed by atoms with van der Waals surface area (Å²) in [6, 6.07) is 15.6. The number of carbonyl (C=O) groups excluding carboxylic acids is 2. The molecule has 2 amide bonds. The summed E-state index contributed by atoms with van der Waals surface area (Å²) in [4.78, 5) is 29.7. The van der Waals surface area contributed by atoms with Gasteiger partial charge in [-0.25, -0.2) is 0 Å². The van der Waals surface area contributed by atoms with Crippen LogP contribution in [0.4, 0.5) is 0 Å². The maximum Gasteiger partial charge on any atom is 0.253 e. The lowest BCUT2D eigenvalue weighted by molar-refractivity contribution is -0.137. The van der Waals surface area contributed by atoms with Gasteiger partial charge in [0.15, 0.2) is 0 Å². The lowest BCUT2D eigenvalue weighted by Crippen LogP contribution is -2.45. The summed E-state index contributed by atoms with van der Waals surface area (Å²) in [5.74, 6) is 1.07. The third-order valence-corrected chi connectivity index (χ3v) is 6.37. The SMILES string of the molecule is Cc1cccc(COc2cccc(C(=O)N3CCC(C(=O)N4CCCCC4)CC3)c2)c1. The van der Waals surface area contributed by atoms with Crippen LogP contribution in [0.2, 0.25) is 0 Å². The summed E-state index contributed by atoms with van der Waals surface area (Å²) in [6.45, 7) is 5.60. The second-order valence-electron chi connectivity index (χ2n) is 8.76. The zero-order valence-corrected chi connectivity index (χ0v) is 18.4. The van der Waals surface area contributed by atoms with Crippen LogP contribution in [0, 0.1) is 12.8 Å². The summed E-state index contributed by atoms with van der Waals surface area (Å²) >= 11 is 0. The van der Waals surface area contributed by atoms with E-state index in [1.807, 2.05) is 46.2 Å². The zero-order valence-electron chi connectivity index (χ0n) is 18.4. The van der Waals surface area contributed by atoms with Gasteiger partial charge in [0.05, 0.1) is 0 Å². The van der Waals surface area contributed by atoms with Gasteiger partial charge in [-0.3, -0.25) is 9.59 Å². The number of ether oxygens (including phenoxy) is 1. The van der Waals surface area contributed by atoms with Crippen LogP contribution in [0.25, 0.3) is 0 Å². The Kier molecular flexibility index (Phi) is 6.90. The number of piperidine rings is 2. The average Bonchev–Trinajstić information content (AvgIpc) is 2.83. The fourth-order valence-electron chi connectivity index (χ4n) is 4.57. The predicted octanol–water partition coefficient (Wildman–Crippen LogP) is 4.44. The molecule has 4 rings (SSSR count). The van der Waals surface area contributed by atoms with Gasteiger partial charge in [0.1, 0.15) is 12.4 Å². The van der Waals surface area contributed by atoms with Crippen molar-refractivity contribution in [1.29, 1.82) is 0 Å². The standard InChI is InChI=1S/C26H32N2O3/c1-20-7-5-8-21(17-20)19-31-24-10-6-9-23(18-24)26(30)28-15-11-22(12-16-28)25(29)27-13-3-2-4-14-27/h5-10,17-18,22H,2-4,11-16,19H2,1H3. The number of rotatable bonds is 5. The zero-order chi connectivity index (χ0) is 21.6. The maximum absolute atomic E-state index is 13.0. The predicted molar refractivity (Wildman–Crippen MR) is 121 cm³/mol. The van der Waals surface area contributed by atoms with Crippen LogP contribution in [0.1, 0.15) is 53.6 Å². The largest absolute Gasteiger partial charge is 0.489 e. The van der Waals surface area contributed by atoms with Crippen LogP contribution in [0.5, 0.6) is 5.75 Å².